The van der Waals surface area contributed by atoms with Gasteiger partial charge in [-0.05, 0) is 35.4 Å². The summed E-state index contributed by atoms with van der Waals surface area (Å²) in [5.41, 5.74) is 3.03. The summed E-state index contributed by atoms with van der Waals surface area (Å²) in [7, 11) is 0. The van der Waals surface area contributed by atoms with Gasteiger partial charge >= 0.3 is 0 Å². The smallest absolute Gasteiger partial charge is 0.225 e. The van der Waals surface area contributed by atoms with E-state index in [-0.39, 0.29) is 18.1 Å². The molecular formula is C26H19FN2O2. The Balaban J connectivity index is 1.63. The lowest BCUT2D eigenvalue weighted by atomic mass is 10.0. The van der Waals surface area contributed by atoms with Gasteiger partial charge in [0.15, 0.2) is 0 Å². The zero-order valence-electron chi connectivity index (χ0n) is 16.7. The number of nitrogens with zero attached hydrogens (tertiary/aromatic N) is 2. The normalized spacial score (nSPS) is 10.3. The maximum Gasteiger partial charge on any atom is 0.225 e. The molecule has 1 aromatic heterocycles. The number of nitriles is 1. The molecule has 0 atom stereocenters. The van der Waals surface area contributed by atoms with Crippen LogP contribution in [0.4, 0.5) is 4.39 Å². The minimum absolute atomic E-state index is 0.253. The van der Waals surface area contributed by atoms with Gasteiger partial charge in [-0.2, -0.15) is 10.2 Å². The van der Waals surface area contributed by atoms with Crippen molar-refractivity contribution in [3.05, 3.63) is 114 Å². The molecule has 0 aliphatic rings. The molecule has 0 spiro atoms. The number of pyridine rings is 1. The Labute approximate surface area is 180 Å². The predicted molar refractivity (Wildman–Crippen MR) is 116 cm³/mol. The number of hydrogen-bond acceptors (Lipinski definition) is 4. The number of rotatable bonds is 7. The standard InChI is InChI=1S/C26H19FN2O2/c27-24-15-21(16-28)11-12-22(24)23-13-14-25(30-17-19-7-3-1-4-8-19)29-26(23)31-18-20-9-5-2-6-10-20/h1-15H,17-18H2. The first-order chi connectivity index (χ1) is 15.2. The van der Waals surface area contributed by atoms with Crippen molar-refractivity contribution >= 4 is 0 Å². The van der Waals surface area contributed by atoms with E-state index in [1.807, 2.05) is 66.7 Å². The van der Waals surface area contributed by atoms with Crippen LogP contribution in [0.25, 0.3) is 11.1 Å². The second-order valence-electron chi connectivity index (χ2n) is 6.86. The molecule has 5 heteroatoms. The second-order valence-corrected chi connectivity index (χ2v) is 6.86. The zero-order valence-corrected chi connectivity index (χ0v) is 16.7. The van der Waals surface area contributed by atoms with Crippen LogP contribution in [-0.4, -0.2) is 4.98 Å². The quantitative estimate of drug-likeness (QED) is 0.380. The van der Waals surface area contributed by atoms with Crippen LogP contribution in [0.2, 0.25) is 0 Å². The first kappa shape index (κ1) is 20.1. The average Bonchev–Trinajstić information content (AvgIpc) is 2.83. The second kappa shape index (κ2) is 9.55. The van der Waals surface area contributed by atoms with E-state index < -0.39 is 5.82 Å². The van der Waals surface area contributed by atoms with Gasteiger partial charge in [0.1, 0.15) is 19.0 Å². The van der Waals surface area contributed by atoms with E-state index in [0.29, 0.717) is 23.6 Å². The molecular weight excluding hydrogens is 391 g/mol. The molecule has 3 aromatic carbocycles. The summed E-state index contributed by atoms with van der Waals surface area (Å²) in [4.78, 5) is 4.49. The van der Waals surface area contributed by atoms with Crippen LogP contribution < -0.4 is 9.47 Å². The topological polar surface area (TPSA) is 55.1 Å². The van der Waals surface area contributed by atoms with Crippen molar-refractivity contribution < 1.29 is 13.9 Å². The Morgan fingerprint density at radius 3 is 1.97 bits per heavy atom. The van der Waals surface area contributed by atoms with Gasteiger partial charge in [-0.15, -0.1) is 0 Å². The van der Waals surface area contributed by atoms with E-state index in [4.69, 9.17) is 14.7 Å². The lowest BCUT2D eigenvalue weighted by Gasteiger charge is -2.14. The monoisotopic (exact) mass is 410 g/mol. The van der Waals surface area contributed by atoms with Crippen molar-refractivity contribution in [2.45, 2.75) is 13.2 Å². The minimum atomic E-state index is -0.511. The van der Waals surface area contributed by atoms with Gasteiger partial charge in [-0.3, -0.25) is 0 Å². The molecule has 0 fully saturated rings. The summed E-state index contributed by atoms with van der Waals surface area (Å²) in [6.45, 7) is 0.636. The van der Waals surface area contributed by atoms with Crippen LogP contribution in [-0.2, 0) is 13.2 Å². The Morgan fingerprint density at radius 2 is 1.35 bits per heavy atom. The Kier molecular flexibility index (Phi) is 6.20. The van der Waals surface area contributed by atoms with Crippen LogP contribution in [0.3, 0.4) is 0 Å². The third-order valence-electron chi connectivity index (χ3n) is 4.67. The highest BCUT2D eigenvalue weighted by molar-refractivity contribution is 5.70. The lowest BCUT2D eigenvalue weighted by molar-refractivity contribution is 0.268. The third-order valence-corrected chi connectivity index (χ3v) is 4.67. The van der Waals surface area contributed by atoms with Gasteiger partial charge in [0.05, 0.1) is 11.6 Å². The van der Waals surface area contributed by atoms with Crippen molar-refractivity contribution in [1.82, 2.24) is 4.98 Å². The van der Waals surface area contributed by atoms with E-state index in [9.17, 15) is 4.39 Å². The molecule has 0 amide bonds. The van der Waals surface area contributed by atoms with Gasteiger partial charge in [0, 0.05) is 17.2 Å². The minimum Gasteiger partial charge on any atom is -0.473 e. The fourth-order valence-corrected chi connectivity index (χ4v) is 3.08. The molecule has 1 heterocycles. The maximum absolute atomic E-state index is 14.7. The van der Waals surface area contributed by atoms with E-state index in [1.54, 1.807) is 24.3 Å². The number of aromatic nitrogens is 1. The molecule has 0 N–H and O–H groups in total. The van der Waals surface area contributed by atoms with E-state index >= 15 is 0 Å². The van der Waals surface area contributed by atoms with Crippen LogP contribution in [0.5, 0.6) is 11.8 Å². The van der Waals surface area contributed by atoms with Crippen LogP contribution in [0.15, 0.2) is 91.0 Å². The fourth-order valence-electron chi connectivity index (χ4n) is 3.08. The summed E-state index contributed by atoms with van der Waals surface area (Å²) in [6.07, 6.45) is 0. The lowest BCUT2D eigenvalue weighted by Crippen LogP contribution is -2.03. The summed E-state index contributed by atoms with van der Waals surface area (Å²) in [6, 6.07) is 29.1. The van der Waals surface area contributed by atoms with Gasteiger partial charge in [-0.1, -0.05) is 60.7 Å². The first-order valence-corrected chi connectivity index (χ1v) is 9.77. The van der Waals surface area contributed by atoms with Gasteiger partial charge in [0.25, 0.3) is 0 Å². The highest BCUT2D eigenvalue weighted by Crippen LogP contribution is 2.33. The summed E-state index contributed by atoms with van der Waals surface area (Å²) < 4.78 is 26.4. The van der Waals surface area contributed by atoms with E-state index in [2.05, 4.69) is 4.98 Å². The summed E-state index contributed by atoms with van der Waals surface area (Å²) in [5.74, 6) is 0.131. The molecule has 0 aliphatic heterocycles. The van der Waals surface area contributed by atoms with Crippen LogP contribution in [0.1, 0.15) is 16.7 Å². The third kappa shape index (κ3) is 5.06. The molecule has 0 saturated carbocycles. The van der Waals surface area contributed by atoms with E-state index in [1.165, 1.54) is 6.07 Å². The van der Waals surface area contributed by atoms with E-state index in [0.717, 1.165) is 11.1 Å². The van der Waals surface area contributed by atoms with Crippen molar-refractivity contribution in [2.75, 3.05) is 0 Å². The van der Waals surface area contributed by atoms with Crippen molar-refractivity contribution in [3.63, 3.8) is 0 Å². The fraction of sp³-hybridized carbons (Fsp3) is 0.0769. The SMILES string of the molecule is N#Cc1ccc(-c2ccc(OCc3ccccc3)nc2OCc2ccccc2)c(F)c1. The first-order valence-electron chi connectivity index (χ1n) is 9.77. The molecule has 152 valence electrons. The highest BCUT2D eigenvalue weighted by Gasteiger charge is 2.15. The average molecular weight is 410 g/mol. The highest BCUT2D eigenvalue weighted by atomic mass is 19.1. The number of benzene rings is 3. The van der Waals surface area contributed by atoms with Crippen LogP contribution >= 0.6 is 0 Å². The molecule has 0 aliphatic carbocycles. The molecule has 0 unspecified atom stereocenters. The van der Waals surface area contributed by atoms with Crippen LogP contribution in [0, 0.1) is 17.1 Å². The molecule has 4 nitrogen and oxygen atoms in total. The Morgan fingerprint density at radius 1 is 0.742 bits per heavy atom. The molecule has 31 heavy (non-hydrogen) atoms. The van der Waals surface area contributed by atoms with Gasteiger partial charge < -0.3 is 9.47 Å². The van der Waals surface area contributed by atoms with Gasteiger partial charge in [0.2, 0.25) is 11.8 Å². The van der Waals surface area contributed by atoms with Crippen molar-refractivity contribution in [3.8, 4) is 29.0 Å². The number of halogens is 1. The molecule has 4 aromatic rings. The molecule has 0 bridgehead atoms. The van der Waals surface area contributed by atoms with Crippen molar-refractivity contribution in [1.29, 1.82) is 5.26 Å². The Bertz CT molecular complexity index is 1210. The molecule has 0 radical (unpaired) electrons. The number of hydrogen-bond donors (Lipinski definition) is 0. The largest absolute Gasteiger partial charge is 0.473 e. The van der Waals surface area contributed by atoms with Crippen molar-refractivity contribution in [2.24, 2.45) is 0 Å². The summed E-state index contributed by atoms with van der Waals surface area (Å²) >= 11 is 0. The molecule has 0 saturated heterocycles. The Hall–Kier alpha value is -4.17. The molecule has 4 rings (SSSR count). The zero-order chi connectivity index (χ0) is 21.5. The maximum atomic E-state index is 14.7. The summed E-state index contributed by atoms with van der Waals surface area (Å²) in [5, 5.41) is 9.01. The predicted octanol–water partition coefficient (Wildman–Crippen LogP) is 5.92. The number of ether oxygens (including phenoxy) is 2. The van der Waals surface area contributed by atoms with Gasteiger partial charge in [-0.25, -0.2) is 4.39 Å².